The fraction of sp³-hybridized carbons (Fsp3) is 0.786. The summed E-state index contributed by atoms with van der Waals surface area (Å²) in [7, 11) is 0. The second-order valence-corrected chi connectivity index (χ2v) is 5.69. The van der Waals surface area contributed by atoms with Gasteiger partial charge in [0.2, 0.25) is 0 Å². The molecule has 1 N–H and O–H groups in total. The van der Waals surface area contributed by atoms with Crippen molar-refractivity contribution in [2.24, 2.45) is 5.92 Å². The average molecular weight is 251 g/mol. The standard InChI is InChI=1S/C14H25N3O/c1-11(2)8-15-9-13-4-5-14(18-13)10-17-7-6-12(3)16-17/h6-7,11,13-15H,4-5,8-10H2,1-3H3. The van der Waals surface area contributed by atoms with Crippen molar-refractivity contribution >= 4 is 0 Å². The summed E-state index contributed by atoms with van der Waals surface area (Å²) >= 11 is 0. The molecule has 2 unspecified atom stereocenters. The Hall–Kier alpha value is -0.870. The van der Waals surface area contributed by atoms with Gasteiger partial charge in [0, 0.05) is 12.7 Å². The Kier molecular flexibility index (Phi) is 4.78. The average Bonchev–Trinajstić information content (AvgIpc) is 2.89. The van der Waals surface area contributed by atoms with E-state index in [0.717, 1.165) is 38.2 Å². The zero-order chi connectivity index (χ0) is 13.0. The minimum atomic E-state index is 0.329. The predicted octanol–water partition coefficient (Wildman–Crippen LogP) is 1.98. The maximum atomic E-state index is 6.03. The molecule has 0 saturated carbocycles. The third-order valence-corrected chi connectivity index (χ3v) is 3.28. The van der Waals surface area contributed by atoms with Crippen molar-refractivity contribution in [1.82, 2.24) is 15.1 Å². The van der Waals surface area contributed by atoms with Crippen molar-refractivity contribution < 1.29 is 4.74 Å². The lowest BCUT2D eigenvalue weighted by molar-refractivity contribution is 0.0339. The van der Waals surface area contributed by atoms with Crippen molar-refractivity contribution in [3.63, 3.8) is 0 Å². The summed E-state index contributed by atoms with van der Waals surface area (Å²) in [6, 6.07) is 2.04. The second-order valence-electron chi connectivity index (χ2n) is 5.69. The highest BCUT2D eigenvalue weighted by Gasteiger charge is 2.25. The minimum Gasteiger partial charge on any atom is -0.372 e. The van der Waals surface area contributed by atoms with Gasteiger partial charge in [0.05, 0.1) is 24.4 Å². The first kappa shape index (κ1) is 13.6. The van der Waals surface area contributed by atoms with Crippen LogP contribution in [0, 0.1) is 12.8 Å². The highest BCUT2D eigenvalue weighted by Crippen LogP contribution is 2.20. The summed E-state index contributed by atoms with van der Waals surface area (Å²) in [4.78, 5) is 0. The van der Waals surface area contributed by atoms with E-state index in [0.29, 0.717) is 18.1 Å². The van der Waals surface area contributed by atoms with Crippen molar-refractivity contribution in [1.29, 1.82) is 0 Å². The molecule has 102 valence electrons. The molecule has 4 heteroatoms. The highest BCUT2D eigenvalue weighted by molar-refractivity contribution is 4.95. The first-order chi connectivity index (χ1) is 8.63. The van der Waals surface area contributed by atoms with Crippen LogP contribution in [0.3, 0.4) is 0 Å². The van der Waals surface area contributed by atoms with E-state index in [1.807, 2.05) is 23.9 Å². The van der Waals surface area contributed by atoms with Crippen LogP contribution in [0.5, 0.6) is 0 Å². The van der Waals surface area contributed by atoms with Crippen LogP contribution in [0.1, 0.15) is 32.4 Å². The largest absolute Gasteiger partial charge is 0.372 e. The van der Waals surface area contributed by atoms with Crippen LogP contribution in [0.2, 0.25) is 0 Å². The van der Waals surface area contributed by atoms with Gasteiger partial charge in [0.15, 0.2) is 0 Å². The van der Waals surface area contributed by atoms with Crippen LogP contribution >= 0.6 is 0 Å². The first-order valence-corrected chi connectivity index (χ1v) is 6.99. The summed E-state index contributed by atoms with van der Waals surface area (Å²) < 4.78 is 8.02. The number of aromatic nitrogens is 2. The molecule has 0 amide bonds. The topological polar surface area (TPSA) is 39.1 Å². The molecule has 0 aliphatic carbocycles. The van der Waals surface area contributed by atoms with E-state index >= 15 is 0 Å². The molecular weight excluding hydrogens is 226 g/mol. The Morgan fingerprint density at radius 3 is 2.89 bits per heavy atom. The van der Waals surface area contributed by atoms with Crippen molar-refractivity contribution in [3.8, 4) is 0 Å². The van der Waals surface area contributed by atoms with Crippen molar-refractivity contribution in [3.05, 3.63) is 18.0 Å². The molecule has 0 spiro atoms. The SMILES string of the molecule is Cc1ccn(CC2CCC(CNCC(C)C)O2)n1. The minimum absolute atomic E-state index is 0.329. The normalized spacial score (nSPS) is 24.0. The summed E-state index contributed by atoms with van der Waals surface area (Å²) in [5.41, 5.74) is 1.07. The lowest BCUT2D eigenvalue weighted by atomic mass is 10.2. The van der Waals surface area contributed by atoms with E-state index in [4.69, 9.17) is 4.74 Å². The van der Waals surface area contributed by atoms with Crippen LogP contribution < -0.4 is 5.32 Å². The highest BCUT2D eigenvalue weighted by atomic mass is 16.5. The van der Waals surface area contributed by atoms with E-state index in [1.165, 1.54) is 0 Å². The molecule has 1 aliphatic rings. The van der Waals surface area contributed by atoms with Crippen LogP contribution in [0.4, 0.5) is 0 Å². The Bertz CT molecular complexity index is 362. The van der Waals surface area contributed by atoms with Gasteiger partial charge in [-0.25, -0.2) is 0 Å². The maximum absolute atomic E-state index is 6.03. The Morgan fingerprint density at radius 1 is 1.44 bits per heavy atom. The lowest BCUT2D eigenvalue weighted by Crippen LogP contribution is -2.30. The number of hydrogen-bond acceptors (Lipinski definition) is 3. The summed E-state index contributed by atoms with van der Waals surface area (Å²) in [6.45, 7) is 9.41. The Labute approximate surface area is 110 Å². The third kappa shape index (κ3) is 4.10. The summed E-state index contributed by atoms with van der Waals surface area (Å²) in [5, 5.41) is 7.87. The number of ether oxygens (including phenoxy) is 1. The van der Waals surface area contributed by atoms with Crippen molar-refractivity contribution in [2.45, 2.75) is 52.4 Å². The second kappa shape index (κ2) is 6.34. The zero-order valence-electron chi connectivity index (χ0n) is 11.7. The van der Waals surface area contributed by atoms with E-state index < -0.39 is 0 Å². The van der Waals surface area contributed by atoms with E-state index in [9.17, 15) is 0 Å². The van der Waals surface area contributed by atoms with Gasteiger partial charge in [-0.1, -0.05) is 13.8 Å². The van der Waals surface area contributed by atoms with Gasteiger partial charge in [0.25, 0.3) is 0 Å². The van der Waals surface area contributed by atoms with Crippen LogP contribution in [0.25, 0.3) is 0 Å². The van der Waals surface area contributed by atoms with Gasteiger partial charge in [-0.3, -0.25) is 4.68 Å². The molecule has 2 heterocycles. The van der Waals surface area contributed by atoms with Gasteiger partial charge in [-0.2, -0.15) is 5.10 Å². The third-order valence-electron chi connectivity index (χ3n) is 3.28. The first-order valence-electron chi connectivity index (χ1n) is 6.99. The molecule has 0 aromatic carbocycles. The molecule has 4 nitrogen and oxygen atoms in total. The van der Waals surface area contributed by atoms with Gasteiger partial charge < -0.3 is 10.1 Å². The van der Waals surface area contributed by atoms with E-state index in [2.05, 4.69) is 24.3 Å². The smallest absolute Gasteiger partial charge is 0.0776 e. The van der Waals surface area contributed by atoms with Gasteiger partial charge in [0.1, 0.15) is 0 Å². The van der Waals surface area contributed by atoms with Gasteiger partial charge in [-0.15, -0.1) is 0 Å². The van der Waals surface area contributed by atoms with Crippen molar-refractivity contribution in [2.75, 3.05) is 13.1 Å². The van der Waals surface area contributed by atoms with Gasteiger partial charge >= 0.3 is 0 Å². The van der Waals surface area contributed by atoms with E-state index in [-0.39, 0.29) is 0 Å². The summed E-state index contributed by atoms with van der Waals surface area (Å²) in [6.07, 6.45) is 5.05. The van der Waals surface area contributed by atoms with Crippen LogP contribution in [-0.4, -0.2) is 35.1 Å². The number of aryl methyl sites for hydroxylation is 1. The molecule has 2 atom stereocenters. The van der Waals surface area contributed by atoms with Crippen LogP contribution in [0.15, 0.2) is 12.3 Å². The molecular formula is C14H25N3O. The molecule has 18 heavy (non-hydrogen) atoms. The molecule has 1 aliphatic heterocycles. The molecule has 1 fully saturated rings. The van der Waals surface area contributed by atoms with Crippen LogP contribution in [-0.2, 0) is 11.3 Å². The maximum Gasteiger partial charge on any atom is 0.0776 e. The molecule has 1 saturated heterocycles. The fourth-order valence-electron chi connectivity index (χ4n) is 2.37. The lowest BCUT2D eigenvalue weighted by Gasteiger charge is -2.15. The molecule has 2 rings (SSSR count). The molecule has 1 aromatic rings. The predicted molar refractivity (Wildman–Crippen MR) is 72.6 cm³/mol. The summed E-state index contributed by atoms with van der Waals surface area (Å²) in [5.74, 6) is 0.703. The monoisotopic (exact) mass is 251 g/mol. The molecule has 0 bridgehead atoms. The van der Waals surface area contributed by atoms with Gasteiger partial charge in [-0.05, 0) is 38.3 Å². The number of rotatable bonds is 6. The Balaban J connectivity index is 1.68. The molecule has 0 radical (unpaired) electrons. The number of hydrogen-bond donors (Lipinski definition) is 1. The van der Waals surface area contributed by atoms with E-state index in [1.54, 1.807) is 0 Å². The fourth-order valence-corrected chi connectivity index (χ4v) is 2.37. The number of nitrogens with one attached hydrogen (secondary N) is 1. The zero-order valence-corrected chi connectivity index (χ0v) is 11.7. The Morgan fingerprint density at radius 2 is 2.22 bits per heavy atom. The molecule has 1 aromatic heterocycles. The quantitative estimate of drug-likeness (QED) is 0.840. The number of nitrogens with zero attached hydrogens (tertiary/aromatic N) is 2.